The fourth-order valence-electron chi connectivity index (χ4n) is 2.83. The van der Waals surface area contributed by atoms with Crippen molar-refractivity contribution >= 4 is 12.0 Å². The van der Waals surface area contributed by atoms with Crippen molar-refractivity contribution in [2.45, 2.75) is 13.5 Å². The van der Waals surface area contributed by atoms with Gasteiger partial charge in [0, 0.05) is 50.7 Å². The zero-order valence-corrected chi connectivity index (χ0v) is 14.3. The fourth-order valence-corrected chi connectivity index (χ4v) is 2.83. The molecule has 0 saturated carbocycles. The van der Waals surface area contributed by atoms with E-state index in [4.69, 9.17) is 4.74 Å². The first kappa shape index (κ1) is 17.0. The lowest BCUT2D eigenvalue weighted by Crippen LogP contribution is -2.50. The molecule has 2 aromatic rings. The van der Waals surface area contributed by atoms with Crippen LogP contribution in [0.25, 0.3) is 0 Å². The summed E-state index contributed by atoms with van der Waals surface area (Å²) in [4.78, 5) is 31.8. The Bertz CT molecular complexity index is 704. The molecule has 0 unspecified atom stereocenters. The Labute approximate surface area is 146 Å². The molecule has 132 valence electrons. The van der Waals surface area contributed by atoms with Crippen LogP contribution >= 0.6 is 0 Å². The van der Waals surface area contributed by atoms with Crippen LogP contribution in [-0.4, -0.2) is 64.1 Å². The Morgan fingerprint density at radius 2 is 1.76 bits per heavy atom. The summed E-state index contributed by atoms with van der Waals surface area (Å²) in [7, 11) is 0. The number of carbonyl (C=O) groups is 2. The number of amides is 2. The summed E-state index contributed by atoms with van der Waals surface area (Å²) < 4.78 is 6.97. The minimum Gasteiger partial charge on any atom is -0.450 e. The van der Waals surface area contributed by atoms with Crippen molar-refractivity contribution in [2.24, 2.45) is 0 Å². The molecule has 1 aromatic heterocycles. The molecule has 3 rings (SSSR count). The number of aromatic nitrogens is 2. The maximum absolute atomic E-state index is 12.6. The van der Waals surface area contributed by atoms with Gasteiger partial charge in [0.05, 0.1) is 12.9 Å². The third-order valence-corrected chi connectivity index (χ3v) is 4.22. The van der Waals surface area contributed by atoms with Crippen LogP contribution in [0.4, 0.5) is 4.79 Å². The molecule has 0 N–H and O–H groups in total. The Balaban J connectivity index is 1.55. The maximum atomic E-state index is 12.6. The summed E-state index contributed by atoms with van der Waals surface area (Å²) in [5.41, 5.74) is 1.78. The second-order valence-corrected chi connectivity index (χ2v) is 5.91. The minimum atomic E-state index is -0.307. The molecule has 1 fully saturated rings. The third kappa shape index (κ3) is 4.17. The van der Waals surface area contributed by atoms with Crippen molar-refractivity contribution in [3.05, 3.63) is 54.1 Å². The number of nitrogens with zero attached hydrogens (tertiary/aromatic N) is 4. The van der Waals surface area contributed by atoms with Gasteiger partial charge in [-0.2, -0.15) is 0 Å². The van der Waals surface area contributed by atoms with Crippen molar-refractivity contribution in [2.75, 3.05) is 32.8 Å². The summed E-state index contributed by atoms with van der Waals surface area (Å²) in [5.74, 6) is -0.00214. The van der Waals surface area contributed by atoms with E-state index in [1.165, 1.54) is 0 Å². The van der Waals surface area contributed by atoms with Crippen LogP contribution in [0.3, 0.4) is 0 Å². The average Bonchev–Trinajstić information content (AvgIpc) is 3.15. The molecule has 1 aliphatic heterocycles. The molecule has 0 spiro atoms. The summed E-state index contributed by atoms with van der Waals surface area (Å²) in [6.07, 6.45) is 5.11. The first-order valence-electron chi connectivity index (χ1n) is 8.43. The van der Waals surface area contributed by atoms with E-state index in [0.717, 1.165) is 12.1 Å². The second-order valence-electron chi connectivity index (χ2n) is 5.91. The van der Waals surface area contributed by atoms with Gasteiger partial charge in [-0.15, -0.1) is 0 Å². The van der Waals surface area contributed by atoms with Gasteiger partial charge >= 0.3 is 6.09 Å². The maximum Gasteiger partial charge on any atom is 0.409 e. The van der Waals surface area contributed by atoms with Crippen molar-refractivity contribution in [1.29, 1.82) is 0 Å². The minimum absolute atomic E-state index is 0.00214. The molecule has 2 amide bonds. The van der Waals surface area contributed by atoms with E-state index in [0.29, 0.717) is 38.3 Å². The van der Waals surface area contributed by atoms with E-state index < -0.39 is 0 Å². The summed E-state index contributed by atoms with van der Waals surface area (Å²) in [5, 5.41) is 0. The van der Waals surface area contributed by atoms with E-state index in [9.17, 15) is 9.59 Å². The SMILES string of the molecule is CCOC(=O)N1CCN(C(=O)c2ccc(Cn3ccnc3)cc2)CC1. The highest BCUT2D eigenvalue weighted by Crippen LogP contribution is 2.12. The first-order chi connectivity index (χ1) is 12.2. The lowest BCUT2D eigenvalue weighted by Gasteiger charge is -2.34. The summed E-state index contributed by atoms with van der Waals surface area (Å²) in [6, 6.07) is 7.63. The van der Waals surface area contributed by atoms with Gasteiger partial charge in [-0.1, -0.05) is 12.1 Å². The van der Waals surface area contributed by atoms with E-state index in [1.54, 1.807) is 29.2 Å². The van der Waals surface area contributed by atoms with Gasteiger partial charge in [-0.05, 0) is 24.6 Å². The number of piperazine rings is 1. The van der Waals surface area contributed by atoms with Crippen LogP contribution in [0.2, 0.25) is 0 Å². The number of benzene rings is 1. The molecular formula is C18H22N4O3. The van der Waals surface area contributed by atoms with Crippen LogP contribution in [0, 0.1) is 0 Å². The number of hydrogen-bond donors (Lipinski definition) is 0. The smallest absolute Gasteiger partial charge is 0.409 e. The monoisotopic (exact) mass is 342 g/mol. The van der Waals surface area contributed by atoms with Gasteiger partial charge in [-0.3, -0.25) is 4.79 Å². The van der Waals surface area contributed by atoms with Gasteiger partial charge in [-0.25, -0.2) is 9.78 Å². The number of ether oxygens (including phenoxy) is 1. The molecule has 2 heterocycles. The largest absolute Gasteiger partial charge is 0.450 e. The van der Waals surface area contributed by atoms with Crippen molar-refractivity contribution in [3.63, 3.8) is 0 Å². The van der Waals surface area contributed by atoms with E-state index >= 15 is 0 Å². The Morgan fingerprint density at radius 3 is 2.36 bits per heavy atom. The van der Waals surface area contributed by atoms with E-state index in [-0.39, 0.29) is 12.0 Å². The number of hydrogen-bond acceptors (Lipinski definition) is 4. The summed E-state index contributed by atoms with van der Waals surface area (Å²) >= 11 is 0. The van der Waals surface area contributed by atoms with Gasteiger partial charge in [0.15, 0.2) is 0 Å². The van der Waals surface area contributed by atoms with E-state index in [1.807, 2.05) is 35.0 Å². The molecule has 25 heavy (non-hydrogen) atoms. The zero-order chi connectivity index (χ0) is 17.6. The van der Waals surface area contributed by atoms with Crippen LogP contribution < -0.4 is 0 Å². The standard InChI is InChI=1S/C18H22N4O3/c1-2-25-18(24)22-11-9-21(10-12-22)17(23)16-5-3-15(4-6-16)13-20-8-7-19-14-20/h3-8,14H,2,9-13H2,1H3. The van der Waals surface area contributed by atoms with Crippen molar-refractivity contribution in [1.82, 2.24) is 19.4 Å². The van der Waals surface area contributed by atoms with Gasteiger partial charge < -0.3 is 19.1 Å². The van der Waals surface area contributed by atoms with Gasteiger partial charge in [0.1, 0.15) is 0 Å². The van der Waals surface area contributed by atoms with Crippen LogP contribution in [0.1, 0.15) is 22.8 Å². The lowest BCUT2D eigenvalue weighted by atomic mass is 10.1. The van der Waals surface area contributed by atoms with Crippen LogP contribution in [0.5, 0.6) is 0 Å². The van der Waals surface area contributed by atoms with Gasteiger partial charge in [0.25, 0.3) is 5.91 Å². The molecule has 1 saturated heterocycles. The molecule has 1 aromatic carbocycles. The highest BCUT2D eigenvalue weighted by Gasteiger charge is 2.25. The topological polar surface area (TPSA) is 67.7 Å². The highest BCUT2D eigenvalue weighted by molar-refractivity contribution is 5.94. The Hall–Kier alpha value is -2.83. The molecule has 1 aliphatic rings. The lowest BCUT2D eigenvalue weighted by molar-refractivity contribution is 0.0570. The second kappa shape index (κ2) is 7.83. The highest BCUT2D eigenvalue weighted by atomic mass is 16.6. The number of rotatable bonds is 4. The predicted octanol–water partition coefficient (Wildman–Crippen LogP) is 1.85. The number of carbonyl (C=O) groups excluding carboxylic acids is 2. The quantitative estimate of drug-likeness (QED) is 0.850. The van der Waals surface area contributed by atoms with Gasteiger partial charge in [0.2, 0.25) is 0 Å². The number of imidazole rings is 1. The van der Waals surface area contributed by atoms with Crippen LogP contribution in [0.15, 0.2) is 43.0 Å². The van der Waals surface area contributed by atoms with E-state index in [2.05, 4.69) is 4.98 Å². The van der Waals surface area contributed by atoms with Crippen molar-refractivity contribution < 1.29 is 14.3 Å². The average molecular weight is 342 g/mol. The predicted molar refractivity (Wildman–Crippen MR) is 92.3 cm³/mol. The summed E-state index contributed by atoms with van der Waals surface area (Å²) in [6.45, 7) is 4.93. The van der Waals surface area contributed by atoms with Crippen molar-refractivity contribution in [3.8, 4) is 0 Å². The molecular weight excluding hydrogens is 320 g/mol. The molecule has 0 aliphatic carbocycles. The third-order valence-electron chi connectivity index (χ3n) is 4.22. The van der Waals surface area contributed by atoms with Crippen LogP contribution in [-0.2, 0) is 11.3 Å². The molecule has 0 radical (unpaired) electrons. The molecule has 7 nitrogen and oxygen atoms in total. The Kier molecular flexibility index (Phi) is 5.33. The molecule has 0 atom stereocenters. The zero-order valence-electron chi connectivity index (χ0n) is 14.3. The molecule has 0 bridgehead atoms. The Morgan fingerprint density at radius 1 is 1.08 bits per heavy atom. The normalized spacial score (nSPS) is 14.4. The fraction of sp³-hybridized carbons (Fsp3) is 0.389. The molecule has 7 heteroatoms. The first-order valence-corrected chi connectivity index (χ1v) is 8.43.